The number of carbonyl (C=O) groups excluding carboxylic acids is 1. The number of aliphatic carboxylic acids is 3. The van der Waals surface area contributed by atoms with Crippen LogP contribution in [0.3, 0.4) is 0 Å². The summed E-state index contributed by atoms with van der Waals surface area (Å²) in [6.45, 7) is 1.68. The molecule has 0 aromatic heterocycles. The van der Waals surface area contributed by atoms with Crippen LogP contribution in [0.15, 0.2) is 48.5 Å². The van der Waals surface area contributed by atoms with Crippen molar-refractivity contribution in [2.75, 3.05) is 18.6 Å². The molecule has 2 fully saturated rings. The SMILES string of the molecule is COc1ccc(C2(NCc3ccc(N4CCCC4=O)cc3)CCCC2)cc1.O=C(O)CC(O)(CC(=O)O)C(=O)O. The molecule has 2 aromatic rings. The van der Waals surface area contributed by atoms with E-state index < -0.39 is 36.4 Å². The Balaban J connectivity index is 0.000000289. The number of benzene rings is 2. The van der Waals surface area contributed by atoms with E-state index in [1.54, 1.807) is 7.11 Å². The van der Waals surface area contributed by atoms with Crippen LogP contribution in [0.4, 0.5) is 5.69 Å². The molecule has 11 heteroatoms. The molecule has 40 heavy (non-hydrogen) atoms. The van der Waals surface area contributed by atoms with Gasteiger partial charge in [0.15, 0.2) is 5.60 Å². The van der Waals surface area contributed by atoms with Gasteiger partial charge in [0.25, 0.3) is 0 Å². The van der Waals surface area contributed by atoms with Gasteiger partial charge < -0.3 is 35.4 Å². The van der Waals surface area contributed by atoms with Crippen LogP contribution in [0.2, 0.25) is 0 Å². The highest BCUT2D eigenvalue weighted by Gasteiger charge is 2.41. The first-order chi connectivity index (χ1) is 19.0. The number of ether oxygens (including phenoxy) is 1. The first-order valence-electron chi connectivity index (χ1n) is 13.2. The van der Waals surface area contributed by atoms with Crippen molar-refractivity contribution in [2.24, 2.45) is 0 Å². The van der Waals surface area contributed by atoms with Crippen LogP contribution in [0.1, 0.15) is 62.5 Å². The minimum absolute atomic E-state index is 0.0514. The van der Waals surface area contributed by atoms with Gasteiger partial charge in [0.1, 0.15) is 5.75 Å². The summed E-state index contributed by atoms with van der Waals surface area (Å²) in [5.41, 5.74) is 0.935. The lowest BCUT2D eigenvalue weighted by Gasteiger charge is -2.31. The van der Waals surface area contributed by atoms with E-state index in [2.05, 4.69) is 53.8 Å². The van der Waals surface area contributed by atoms with Crippen molar-refractivity contribution in [3.05, 3.63) is 59.7 Å². The monoisotopic (exact) mass is 556 g/mol. The average Bonchev–Trinajstić information content (AvgIpc) is 3.57. The molecule has 0 bridgehead atoms. The Morgan fingerprint density at radius 2 is 1.50 bits per heavy atom. The van der Waals surface area contributed by atoms with Crippen LogP contribution in [0.5, 0.6) is 5.75 Å². The minimum Gasteiger partial charge on any atom is -0.497 e. The summed E-state index contributed by atoms with van der Waals surface area (Å²) >= 11 is 0. The Morgan fingerprint density at radius 1 is 0.925 bits per heavy atom. The van der Waals surface area contributed by atoms with E-state index in [0.29, 0.717) is 6.42 Å². The molecule has 5 N–H and O–H groups in total. The van der Waals surface area contributed by atoms with E-state index in [9.17, 15) is 19.2 Å². The zero-order valence-electron chi connectivity index (χ0n) is 22.5. The zero-order chi connectivity index (χ0) is 29.3. The van der Waals surface area contributed by atoms with Crippen LogP contribution in [0, 0.1) is 0 Å². The number of aliphatic hydroxyl groups is 1. The third-order valence-corrected chi connectivity index (χ3v) is 7.34. The highest BCUT2D eigenvalue weighted by atomic mass is 16.5. The normalized spacial score (nSPS) is 16.2. The fourth-order valence-electron chi connectivity index (χ4n) is 5.16. The number of methoxy groups -OCH3 is 1. The molecule has 0 spiro atoms. The van der Waals surface area contributed by atoms with Gasteiger partial charge in [-0.25, -0.2) is 4.79 Å². The molecule has 0 atom stereocenters. The maximum atomic E-state index is 11.9. The van der Waals surface area contributed by atoms with Crippen LogP contribution in [-0.2, 0) is 31.3 Å². The number of nitrogens with zero attached hydrogens (tertiary/aromatic N) is 1. The Morgan fingerprint density at radius 3 is 1.95 bits per heavy atom. The Hall–Kier alpha value is -3.96. The summed E-state index contributed by atoms with van der Waals surface area (Å²) in [5.74, 6) is -3.88. The predicted molar refractivity (Wildman–Crippen MR) is 145 cm³/mol. The number of amides is 1. The van der Waals surface area contributed by atoms with Crippen molar-refractivity contribution in [1.29, 1.82) is 0 Å². The molecule has 2 aliphatic rings. The number of hydrogen-bond acceptors (Lipinski definition) is 7. The molecule has 1 aliphatic carbocycles. The number of carboxylic acid groups (broad SMARTS) is 3. The number of carbonyl (C=O) groups is 4. The summed E-state index contributed by atoms with van der Waals surface area (Å²) in [7, 11) is 1.71. The third kappa shape index (κ3) is 7.80. The predicted octanol–water partition coefficient (Wildman–Crippen LogP) is 3.13. The van der Waals surface area contributed by atoms with E-state index >= 15 is 0 Å². The number of rotatable bonds is 11. The minimum atomic E-state index is -2.74. The van der Waals surface area contributed by atoms with Gasteiger partial charge in [-0.15, -0.1) is 0 Å². The first kappa shape index (κ1) is 30.6. The van der Waals surface area contributed by atoms with Crippen LogP contribution < -0.4 is 15.0 Å². The van der Waals surface area contributed by atoms with Crippen molar-refractivity contribution in [2.45, 2.75) is 69.1 Å². The van der Waals surface area contributed by atoms with E-state index in [1.165, 1.54) is 36.8 Å². The van der Waals surface area contributed by atoms with E-state index in [1.807, 2.05) is 4.90 Å². The van der Waals surface area contributed by atoms with Crippen LogP contribution >= 0.6 is 0 Å². The highest BCUT2D eigenvalue weighted by Crippen LogP contribution is 2.39. The molecule has 1 aliphatic heterocycles. The maximum Gasteiger partial charge on any atom is 0.336 e. The third-order valence-electron chi connectivity index (χ3n) is 7.34. The van der Waals surface area contributed by atoms with Crippen LogP contribution in [-0.4, -0.2) is 63.5 Å². The molecule has 1 heterocycles. The fourth-order valence-corrected chi connectivity index (χ4v) is 5.16. The van der Waals surface area contributed by atoms with Crippen molar-refractivity contribution >= 4 is 29.5 Å². The second-order valence-corrected chi connectivity index (χ2v) is 10.2. The number of anilines is 1. The number of carboxylic acids is 3. The maximum absolute atomic E-state index is 11.9. The van der Waals surface area contributed by atoms with Gasteiger partial charge in [0.05, 0.1) is 20.0 Å². The van der Waals surface area contributed by atoms with Crippen molar-refractivity contribution in [1.82, 2.24) is 5.32 Å². The summed E-state index contributed by atoms with van der Waals surface area (Å²) in [6, 6.07) is 16.9. The Kier molecular flexibility index (Phi) is 10.2. The lowest BCUT2D eigenvalue weighted by atomic mass is 9.88. The van der Waals surface area contributed by atoms with Crippen molar-refractivity contribution < 1.29 is 44.3 Å². The summed E-state index contributed by atoms with van der Waals surface area (Å²) in [4.78, 5) is 44.3. The quantitative estimate of drug-likeness (QED) is 0.277. The smallest absolute Gasteiger partial charge is 0.336 e. The van der Waals surface area contributed by atoms with Crippen LogP contribution in [0.25, 0.3) is 0 Å². The van der Waals surface area contributed by atoms with Gasteiger partial charge in [-0.05, 0) is 54.7 Å². The van der Waals surface area contributed by atoms with E-state index in [-0.39, 0.29) is 11.4 Å². The molecule has 1 amide bonds. The largest absolute Gasteiger partial charge is 0.497 e. The molecular formula is C29H36N2O9. The molecule has 216 valence electrons. The topological polar surface area (TPSA) is 174 Å². The molecule has 1 saturated heterocycles. The van der Waals surface area contributed by atoms with Crippen molar-refractivity contribution in [3.63, 3.8) is 0 Å². The second kappa shape index (κ2) is 13.4. The van der Waals surface area contributed by atoms with Gasteiger partial charge in [-0.2, -0.15) is 0 Å². The lowest BCUT2D eigenvalue weighted by Crippen LogP contribution is -2.42. The summed E-state index contributed by atoms with van der Waals surface area (Å²) in [5, 5.41) is 37.7. The van der Waals surface area contributed by atoms with Gasteiger partial charge in [0.2, 0.25) is 5.91 Å². The molecule has 1 saturated carbocycles. The van der Waals surface area contributed by atoms with Gasteiger partial charge in [-0.3, -0.25) is 14.4 Å². The summed E-state index contributed by atoms with van der Waals surface area (Å²) < 4.78 is 5.31. The second-order valence-electron chi connectivity index (χ2n) is 10.2. The molecule has 0 unspecified atom stereocenters. The molecule has 11 nitrogen and oxygen atoms in total. The zero-order valence-corrected chi connectivity index (χ0v) is 22.5. The Bertz CT molecular complexity index is 1170. The standard InChI is InChI=1S/C23H28N2O2.C6H8O7/c1-27-21-12-8-19(9-13-21)23(14-2-3-15-23)24-17-18-6-10-20(11-7-18)25-16-4-5-22(25)26;7-3(8)1-6(13,5(11)12)2-4(9)10/h6-13,24H,2-5,14-17H2,1H3;13H,1-2H2,(H,7,8)(H,9,10)(H,11,12). The average molecular weight is 557 g/mol. The summed E-state index contributed by atoms with van der Waals surface area (Å²) in [6.07, 6.45) is 4.20. The molecule has 0 radical (unpaired) electrons. The number of hydrogen-bond donors (Lipinski definition) is 5. The molecule has 2 aromatic carbocycles. The first-order valence-corrected chi connectivity index (χ1v) is 13.2. The van der Waals surface area contributed by atoms with Gasteiger partial charge in [0, 0.05) is 30.7 Å². The molecule has 4 rings (SSSR count). The van der Waals surface area contributed by atoms with E-state index in [0.717, 1.165) is 30.9 Å². The van der Waals surface area contributed by atoms with Gasteiger partial charge in [-0.1, -0.05) is 37.1 Å². The fraction of sp³-hybridized carbons (Fsp3) is 0.448. The number of nitrogens with one attached hydrogen (secondary N) is 1. The molecular weight excluding hydrogens is 520 g/mol. The highest BCUT2D eigenvalue weighted by molar-refractivity contribution is 5.95. The lowest BCUT2D eigenvalue weighted by molar-refractivity contribution is -0.170. The van der Waals surface area contributed by atoms with Crippen molar-refractivity contribution in [3.8, 4) is 5.75 Å². The van der Waals surface area contributed by atoms with E-state index in [4.69, 9.17) is 25.2 Å². The van der Waals surface area contributed by atoms with Gasteiger partial charge >= 0.3 is 17.9 Å². The Labute approximate surface area is 232 Å².